The van der Waals surface area contributed by atoms with Gasteiger partial charge in [0.15, 0.2) is 5.13 Å². The van der Waals surface area contributed by atoms with Gasteiger partial charge in [0, 0.05) is 25.6 Å². The van der Waals surface area contributed by atoms with Crippen LogP contribution in [0, 0.1) is 5.92 Å². The van der Waals surface area contributed by atoms with Crippen molar-refractivity contribution in [2.24, 2.45) is 5.92 Å². The third-order valence-corrected chi connectivity index (χ3v) is 6.93. The number of aromatic nitrogens is 1. The third-order valence-electron chi connectivity index (χ3n) is 5.85. The molecule has 0 radical (unpaired) electrons. The molecule has 5 nitrogen and oxygen atoms in total. The maximum Gasteiger partial charge on any atom is 0.223 e. The molecule has 1 aliphatic carbocycles. The number of hydrogen-bond acceptors (Lipinski definition) is 5. The van der Waals surface area contributed by atoms with Gasteiger partial charge in [0.1, 0.15) is 5.75 Å². The first-order valence-corrected chi connectivity index (χ1v) is 11.2. The summed E-state index contributed by atoms with van der Waals surface area (Å²) in [6.45, 7) is 2.56. The predicted molar refractivity (Wildman–Crippen MR) is 115 cm³/mol. The van der Waals surface area contributed by atoms with Crippen LogP contribution in [0.15, 0.2) is 29.8 Å². The third kappa shape index (κ3) is 4.49. The number of piperidine rings is 1. The Hall–Kier alpha value is -2.08. The minimum Gasteiger partial charge on any atom is -0.497 e. The van der Waals surface area contributed by atoms with Gasteiger partial charge in [0.05, 0.1) is 17.3 Å². The van der Waals surface area contributed by atoms with Gasteiger partial charge in [-0.2, -0.15) is 0 Å². The van der Waals surface area contributed by atoms with Crippen LogP contribution in [0.2, 0.25) is 0 Å². The van der Waals surface area contributed by atoms with E-state index in [9.17, 15) is 4.79 Å². The molecule has 1 aromatic heterocycles. The largest absolute Gasteiger partial charge is 0.497 e. The van der Waals surface area contributed by atoms with Crippen molar-refractivity contribution in [3.63, 3.8) is 0 Å². The summed E-state index contributed by atoms with van der Waals surface area (Å²) in [5, 5.41) is 4.21. The maximum absolute atomic E-state index is 12.5. The van der Waals surface area contributed by atoms with Crippen LogP contribution in [0.4, 0.5) is 5.13 Å². The summed E-state index contributed by atoms with van der Waals surface area (Å²) in [6, 6.07) is 6.00. The van der Waals surface area contributed by atoms with Crippen molar-refractivity contribution in [3.05, 3.63) is 29.8 Å². The second kappa shape index (κ2) is 8.95. The Kier molecular flexibility index (Phi) is 6.15. The smallest absolute Gasteiger partial charge is 0.223 e. The summed E-state index contributed by atoms with van der Waals surface area (Å²) in [5.41, 5.74) is 2.53. The number of nitrogens with zero attached hydrogens (tertiary/aromatic N) is 2. The first-order valence-electron chi connectivity index (χ1n) is 10.4. The Morgan fingerprint density at radius 3 is 2.93 bits per heavy atom. The van der Waals surface area contributed by atoms with Gasteiger partial charge in [-0.1, -0.05) is 23.0 Å². The summed E-state index contributed by atoms with van der Waals surface area (Å²) in [6.07, 6.45) is 10.2. The van der Waals surface area contributed by atoms with E-state index in [-0.39, 0.29) is 11.8 Å². The lowest BCUT2D eigenvalue weighted by Crippen LogP contribution is -2.40. The summed E-state index contributed by atoms with van der Waals surface area (Å²) < 4.78 is 6.45. The average Bonchev–Trinajstić information content (AvgIpc) is 3.18. The highest BCUT2D eigenvalue weighted by Gasteiger charge is 2.26. The van der Waals surface area contributed by atoms with Crippen LogP contribution in [-0.4, -0.2) is 37.6 Å². The van der Waals surface area contributed by atoms with Crippen molar-refractivity contribution in [2.75, 3.05) is 31.6 Å². The van der Waals surface area contributed by atoms with E-state index in [1.165, 1.54) is 31.3 Å². The van der Waals surface area contributed by atoms with Crippen LogP contribution in [0.5, 0.6) is 5.75 Å². The molecule has 4 rings (SSSR count). The zero-order valence-electron chi connectivity index (χ0n) is 16.6. The normalized spacial score (nSPS) is 18.2. The highest BCUT2D eigenvalue weighted by molar-refractivity contribution is 7.22. The number of allylic oxidation sites excluding steroid dienone is 1. The fraction of sp³-hybridized carbons (Fsp3) is 0.545. The molecular weight excluding hydrogens is 370 g/mol. The number of amides is 1. The molecule has 1 saturated heterocycles. The Bertz CT molecular complexity index is 853. The van der Waals surface area contributed by atoms with Crippen molar-refractivity contribution in [2.45, 2.75) is 44.9 Å². The molecule has 1 amide bonds. The highest BCUT2D eigenvalue weighted by Crippen LogP contribution is 2.33. The average molecular weight is 400 g/mol. The van der Waals surface area contributed by atoms with Gasteiger partial charge >= 0.3 is 0 Å². The van der Waals surface area contributed by atoms with Crippen LogP contribution in [0.25, 0.3) is 10.2 Å². The van der Waals surface area contributed by atoms with E-state index in [0.717, 1.165) is 60.0 Å². The maximum atomic E-state index is 12.5. The first kappa shape index (κ1) is 19.2. The van der Waals surface area contributed by atoms with E-state index in [4.69, 9.17) is 9.72 Å². The number of fused-ring (bicyclic) bond motifs is 1. The number of anilines is 1. The molecule has 150 valence electrons. The van der Waals surface area contributed by atoms with Crippen LogP contribution < -0.4 is 15.0 Å². The van der Waals surface area contributed by atoms with Gasteiger partial charge in [-0.25, -0.2) is 4.98 Å². The van der Waals surface area contributed by atoms with Crippen molar-refractivity contribution < 1.29 is 9.53 Å². The standard InChI is InChI=1S/C22H29N3O2S/c1-27-18-7-8-19-20(15-18)28-22(24-19)25-13-10-17(11-14-25)21(26)23-12-9-16-5-3-2-4-6-16/h5,7-8,15,17H,2-4,6,9-14H2,1H3,(H,23,26). The fourth-order valence-electron chi connectivity index (χ4n) is 4.11. The van der Waals surface area contributed by atoms with Crippen LogP contribution >= 0.6 is 11.3 Å². The monoisotopic (exact) mass is 399 g/mol. The SMILES string of the molecule is COc1ccc2nc(N3CCC(C(=O)NCCC4=CCCCC4)CC3)sc2c1. The number of nitrogens with one attached hydrogen (secondary N) is 1. The molecule has 1 aliphatic heterocycles. The lowest BCUT2D eigenvalue weighted by Gasteiger charge is -2.31. The van der Waals surface area contributed by atoms with E-state index in [1.54, 1.807) is 18.4 Å². The number of ether oxygens (including phenoxy) is 1. The molecular formula is C22H29N3O2S. The summed E-state index contributed by atoms with van der Waals surface area (Å²) in [5.74, 6) is 1.22. The molecule has 0 bridgehead atoms. The van der Waals surface area contributed by atoms with Crippen molar-refractivity contribution in [1.82, 2.24) is 10.3 Å². The van der Waals surface area contributed by atoms with Crippen molar-refractivity contribution in [3.8, 4) is 5.75 Å². The topological polar surface area (TPSA) is 54.5 Å². The number of benzene rings is 1. The van der Waals surface area contributed by atoms with E-state index < -0.39 is 0 Å². The molecule has 2 heterocycles. The lowest BCUT2D eigenvalue weighted by molar-refractivity contribution is -0.125. The van der Waals surface area contributed by atoms with Crippen molar-refractivity contribution in [1.29, 1.82) is 0 Å². The number of hydrogen-bond donors (Lipinski definition) is 1. The zero-order chi connectivity index (χ0) is 19.3. The summed E-state index contributed by atoms with van der Waals surface area (Å²) in [7, 11) is 1.69. The molecule has 6 heteroatoms. The quantitative estimate of drug-likeness (QED) is 0.725. The molecule has 0 unspecified atom stereocenters. The molecule has 0 spiro atoms. The zero-order valence-corrected chi connectivity index (χ0v) is 17.4. The number of rotatable bonds is 6. The van der Waals surface area contributed by atoms with Gasteiger partial charge in [-0.15, -0.1) is 0 Å². The molecule has 2 aliphatic rings. The van der Waals surface area contributed by atoms with Gasteiger partial charge in [-0.05, 0) is 63.1 Å². The molecule has 2 aromatic rings. The lowest BCUT2D eigenvalue weighted by atomic mass is 9.95. The predicted octanol–water partition coefficient (Wildman–Crippen LogP) is 4.53. The van der Waals surface area contributed by atoms with Crippen LogP contribution in [0.1, 0.15) is 44.9 Å². The van der Waals surface area contributed by atoms with Gasteiger partial charge in [-0.3, -0.25) is 4.79 Å². The first-order chi connectivity index (χ1) is 13.7. The second-order valence-electron chi connectivity index (χ2n) is 7.74. The molecule has 0 saturated carbocycles. The highest BCUT2D eigenvalue weighted by atomic mass is 32.1. The Morgan fingerprint density at radius 2 is 2.18 bits per heavy atom. The van der Waals surface area contributed by atoms with Gasteiger partial charge in [0.25, 0.3) is 0 Å². The Morgan fingerprint density at radius 1 is 1.32 bits per heavy atom. The second-order valence-corrected chi connectivity index (χ2v) is 8.75. The van der Waals surface area contributed by atoms with Gasteiger partial charge < -0.3 is 15.0 Å². The summed E-state index contributed by atoms with van der Waals surface area (Å²) >= 11 is 1.70. The molecule has 1 aromatic carbocycles. The molecule has 1 N–H and O–H groups in total. The number of thiazole rings is 1. The van der Waals surface area contributed by atoms with E-state index in [0.29, 0.717) is 0 Å². The Labute approximate surface area is 170 Å². The van der Waals surface area contributed by atoms with E-state index >= 15 is 0 Å². The van der Waals surface area contributed by atoms with Crippen LogP contribution in [-0.2, 0) is 4.79 Å². The van der Waals surface area contributed by atoms with Gasteiger partial charge in [0.2, 0.25) is 5.91 Å². The van der Waals surface area contributed by atoms with E-state index in [2.05, 4.69) is 16.3 Å². The molecule has 28 heavy (non-hydrogen) atoms. The number of methoxy groups -OCH3 is 1. The van der Waals surface area contributed by atoms with E-state index in [1.807, 2.05) is 18.2 Å². The number of carbonyl (C=O) groups excluding carboxylic acids is 1. The number of carbonyl (C=O) groups is 1. The molecule has 1 fully saturated rings. The van der Waals surface area contributed by atoms with Crippen molar-refractivity contribution >= 4 is 32.6 Å². The summed E-state index contributed by atoms with van der Waals surface area (Å²) in [4.78, 5) is 19.6. The Balaban J connectivity index is 1.27. The molecule has 0 atom stereocenters. The van der Waals surface area contributed by atoms with Crippen LogP contribution in [0.3, 0.4) is 0 Å². The minimum absolute atomic E-state index is 0.131. The fourth-order valence-corrected chi connectivity index (χ4v) is 5.16. The minimum atomic E-state index is 0.131.